The van der Waals surface area contributed by atoms with Crippen LogP contribution in [0.25, 0.3) is 0 Å². The molecule has 2 aliphatic rings. The number of amides is 6. The third kappa shape index (κ3) is 12.8. The number of aliphatic hydroxyl groups is 2. The molecule has 2 aliphatic heterocycles. The first-order chi connectivity index (χ1) is 24.9. The van der Waals surface area contributed by atoms with Crippen molar-refractivity contribution >= 4 is 70.3 Å². The quantitative estimate of drug-likeness (QED) is 0.0704. The zero-order valence-electron chi connectivity index (χ0n) is 28.0. The molecule has 0 aromatic heterocycles. The van der Waals surface area contributed by atoms with Gasteiger partial charge in [0.2, 0.25) is 29.5 Å². The largest absolute Gasteiger partial charge is 0.394 e. The zero-order valence-corrected chi connectivity index (χ0v) is 29.5. The summed E-state index contributed by atoms with van der Waals surface area (Å²) in [6.07, 6.45) is 1.92. The summed E-state index contributed by atoms with van der Waals surface area (Å²) in [6, 6.07) is -2.61. The van der Waals surface area contributed by atoms with Crippen molar-refractivity contribution in [1.29, 1.82) is 0 Å². The Bertz CT molecular complexity index is 1530. The number of nitrogens with zero attached hydrogens (tertiary/aromatic N) is 1. The highest BCUT2D eigenvalue weighted by Crippen LogP contribution is 2.25. The summed E-state index contributed by atoms with van der Waals surface area (Å²) < 4.78 is 0. The van der Waals surface area contributed by atoms with E-state index in [1.807, 2.05) is 0 Å². The Hall–Kier alpha value is -4.73. The van der Waals surface area contributed by atoms with E-state index in [4.69, 9.17) is 34.7 Å². The SMILES string of the molecule is NCCCNCCC(=O)NC1CNC(=O)[C@@H](C2CCN=C(N)N2)NC(=O)/C(=C/Nc2ccc(Cl)c(Cl)c2)NC(=O)[C@@H](CO)NC(=O)[C@@H](CO)NC1=O. The fourth-order valence-electron chi connectivity index (χ4n) is 4.84. The number of aliphatic imine (C=N–C) groups is 1. The number of nitrogens with one attached hydrogen (secondary N) is 9. The molecule has 1 fully saturated rings. The highest BCUT2D eigenvalue weighted by atomic mass is 35.5. The second kappa shape index (κ2) is 21.0. The second-order valence-electron chi connectivity index (χ2n) is 11.6. The molecule has 2 unspecified atom stereocenters. The van der Waals surface area contributed by atoms with Crippen LogP contribution in [-0.2, 0) is 28.8 Å². The molecular weight excluding hydrogens is 727 g/mol. The Balaban J connectivity index is 1.99. The van der Waals surface area contributed by atoms with Crippen LogP contribution in [0.15, 0.2) is 35.1 Å². The number of hydrogen-bond donors (Lipinski definition) is 13. The molecule has 20 nitrogen and oxygen atoms in total. The van der Waals surface area contributed by atoms with E-state index in [1.54, 1.807) is 0 Å². The van der Waals surface area contributed by atoms with Gasteiger partial charge < -0.3 is 69.5 Å². The van der Waals surface area contributed by atoms with Gasteiger partial charge in [0.1, 0.15) is 29.9 Å². The minimum Gasteiger partial charge on any atom is -0.394 e. The standard InChI is InChI=1S/C30H44Cl2N12O8/c31-16-3-2-15(10-17(16)32)37-11-20-26(49)44-24(18-4-9-36-30(34)43-18)29(52)38-12-19(39-23(47)5-8-35-7-1-6-33)25(48)41-22(14-46)28(51)42-21(13-45)27(50)40-20/h2-3,10-11,18-19,21-22,24,35,37,45-46H,1,4-9,12-14,33H2,(H,38,52)(H,39,47)(H,40,50)(H,41,48)(H,42,51)(H,44,49)(H3,34,36,43)/b20-11-/t18?,19?,21-,22-,24-/m1/s1. The van der Waals surface area contributed by atoms with Crippen molar-refractivity contribution in [1.82, 2.24) is 42.5 Å². The van der Waals surface area contributed by atoms with Gasteiger partial charge in [-0.3, -0.25) is 33.8 Å². The molecule has 0 saturated carbocycles. The molecule has 0 radical (unpaired) electrons. The molecule has 3 rings (SSSR count). The van der Waals surface area contributed by atoms with Crippen molar-refractivity contribution in [3.63, 3.8) is 0 Å². The fourth-order valence-corrected chi connectivity index (χ4v) is 5.14. The van der Waals surface area contributed by atoms with Gasteiger partial charge in [0.05, 0.1) is 29.3 Å². The van der Waals surface area contributed by atoms with Crippen LogP contribution in [0.4, 0.5) is 5.69 Å². The molecular formula is C30H44Cl2N12O8. The summed E-state index contributed by atoms with van der Waals surface area (Å²) in [4.78, 5) is 84.2. The smallest absolute Gasteiger partial charge is 0.270 e. The average molecular weight is 772 g/mol. The second-order valence-corrected chi connectivity index (χ2v) is 12.4. The summed E-state index contributed by atoms with van der Waals surface area (Å²) >= 11 is 12.1. The first-order valence-electron chi connectivity index (χ1n) is 16.3. The summed E-state index contributed by atoms with van der Waals surface area (Å²) in [5, 5.41) is 43.5. The lowest BCUT2D eigenvalue weighted by molar-refractivity contribution is -0.135. The molecule has 1 aromatic rings. The first kappa shape index (κ1) is 41.7. The van der Waals surface area contributed by atoms with Crippen LogP contribution in [0.2, 0.25) is 10.0 Å². The van der Waals surface area contributed by atoms with Crippen LogP contribution in [0.5, 0.6) is 0 Å². The lowest BCUT2D eigenvalue weighted by Crippen LogP contribution is -2.64. The predicted octanol–water partition coefficient (Wildman–Crippen LogP) is -4.58. The number of guanidine groups is 1. The van der Waals surface area contributed by atoms with E-state index in [0.717, 1.165) is 6.20 Å². The third-order valence-corrected chi connectivity index (χ3v) is 8.42. The van der Waals surface area contributed by atoms with Gasteiger partial charge in [-0.2, -0.15) is 0 Å². The van der Waals surface area contributed by atoms with E-state index < -0.39 is 91.1 Å². The Morgan fingerprint density at radius 2 is 1.65 bits per heavy atom. The first-order valence-corrected chi connectivity index (χ1v) is 17.0. The van der Waals surface area contributed by atoms with Gasteiger partial charge in [0.25, 0.3) is 5.91 Å². The lowest BCUT2D eigenvalue weighted by Gasteiger charge is -2.31. The van der Waals surface area contributed by atoms with Crippen LogP contribution >= 0.6 is 23.2 Å². The number of anilines is 1. The third-order valence-electron chi connectivity index (χ3n) is 7.68. The Kier molecular flexibility index (Phi) is 16.8. The van der Waals surface area contributed by atoms with Crippen molar-refractivity contribution in [2.24, 2.45) is 16.5 Å². The van der Waals surface area contributed by atoms with E-state index in [1.165, 1.54) is 18.2 Å². The number of carbonyl (C=O) groups is 6. The summed E-state index contributed by atoms with van der Waals surface area (Å²) in [7, 11) is 0. The molecule has 15 N–H and O–H groups in total. The molecule has 0 spiro atoms. The number of hydrogen-bond acceptors (Lipinski definition) is 14. The fraction of sp³-hybridized carbons (Fsp3) is 0.500. The maximum absolute atomic E-state index is 13.8. The minimum atomic E-state index is -1.69. The number of halogens is 2. The molecule has 1 saturated heterocycles. The van der Waals surface area contributed by atoms with Crippen molar-refractivity contribution in [2.45, 2.75) is 49.5 Å². The normalized spacial score (nSPS) is 24.3. The van der Waals surface area contributed by atoms with Gasteiger partial charge in [-0.05, 0) is 44.1 Å². The highest BCUT2D eigenvalue weighted by molar-refractivity contribution is 6.42. The van der Waals surface area contributed by atoms with Gasteiger partial charge in [-0.1, -0.05) is 23.2 Å². The number of nitrogens with two attached hydrogens (primary N) is 2. The summed E-state index contributed by atoms with van der Waals surface area (Å²) in [5.74, 6) is -5.55. The van der Waals surface area contributed by atoms with E-state index in [9.17, 15) is 39.0 Å². The molecule has 1 aromatic carbocycles. The van der Waals surface area contributed by atoms with E-state index >= 15 is 0 Å². The summed E-state index contributed by atoms with van der Waals surface area (Å²) in [5.41, 5.74) is 11.2. The summed E-state index contributed by atoms with van der Waals surface area (Å²) in [6.45, 7) is -0.974. The van der Waals surface area contributed by atoms with E-state index in [0.29, 0.717) is 25.2 Å². The van der Waals surface area contributed by atoms with Crippen LogP contribution in [0.3, 0.4) is 0 Å². The Labute approximate surface area is 308 Å². The topological polar surface area (TPSA) is 316 Å². The van der Waals surface area contributed by atoms with Gasteiger partial charge >= 0.3 is 0 Å². The molecule has 2 heterocycles. The average Bonchev–Trinajstić information content (AvgIpc) is 3.12. The van der Waals surface area contributed by atoms with E-state index in [-0.39, 0.29) is 41.9 Å². The molecule has 6 amide bonds. The Morgan fingerprint density at radius 1 is 0.942 bits per heavy atom. The van der Waals surface area contributed by atoms with Crippen molar-refractivity contribution in [3.05, 3.63) is 40.1 Å². The molecule has 286 valence electrons. The highest BCUT2D eigenvalue weighted by Gasteiger charge is 2.35. The van der Waals surface area contributed by atoms with Crippen molar-refractivity contribution in [3.8, 4) is 0 Å². The van der Waals surface area contributed by atoms with Crippen LogP contribution in [0.1, 0.15) is 19.3 Å². The molecule has 5 atom stereocenters. The van der Waals surface area contributed by atoms with Crippen LogP contribution in [-0.4, -0.2) is 128 Å². The van der Waals surface area contributed by atoms with Gasteiger partial charge in [-0.15, -0.1) is 0 Å². The van der Waals surface area contributed by atoms with Gasteiger partial charge in [0, 0.05) is 37.9 Å². The number of rotatable bonds is 12. The number of aliphatic hydroxyl groups excluding tert-OH is 2. The van der Waals surface area contributed by atoms with Crippen LogP contribution in [0, 0.1) is 0 Å². The molecule has 0 aliphatic carbocycles. The zero-order chi connectivity index (χ0) is 38.2. The maximum Gasteiger partial charge on any atom is 0.270 e. The van der Waals surface area contributed by atoms with E-state index in [2.05, 4.69) is 52.8 Å². The molecule has 52 heavy (non-hydrogen) atoms. The van der Waals surface area contributed by atoms with Crippen molar-refractivity contribution in [2.75, 3.05) is 51.3 Å². The Morgan fingerprint density at radius 3 is 2.33 bits per heavy atom. The van der Waals surface area contributed by atoms with Gasteiger partial charge in [-0.25, -0.2) is 0 Å². The molecule has 22 heteroatoms. The maximum atomic E-state index is 13.8. The van der Waals surface area contributed by atoms with Crippen LogP contribution < -0.4 is 59.3 Å². The minimum absolute atomic E-state index is 0.00282. The predicted molar refractivity (Wildman–Crippen MR) is 190 cm³/mol. The number of carbonyl (C=O) groups excluding carboxylic acids is 6. The monoisotopic (exact) mass is 770 g/mol. The number of benzene rings is 1. The van der Waals surface area contributed by atoms with Crippen molar-refractivity contribution < 1.29 is 39.0 Å². The lowest BCUT2D eigenvalue weighted by atomic mass is 10.0. The van der Waals surface area contributed by atoms with Gasteiger partial charge in [0.15, 0.2) is 5.96 Å². The molecule has 0 bridgehead atoms.